The lowest BCUT2D eigenvalue weighted by Gasteiger charge is -2.35. The molecule has 28 heavy (non-hydrogen) atoms. The highest BCUT2D eigenvalue weighted by Crippen LogP contribution is 2.45. The molecule has 0 saturated carbocycles. The average Bonchev–Trinajstić information content (AvgIpc) is 3.13. The van der Waals surface area contributed by atoms with Crippen LogP contribution in [0.25, 0.3) is 28.2 Å². The molecule has 0 amide bonds. The van der Waals surface area contributed by atoms with Crippen molar-refractivity contribution >= 4 is 22.5 Å². The van der Waals surface area contributed by atoms with Crippen molar-refractivity contribution in [3.8, 4) is 11.5 Å². The number of para-hydroxylation sites is 1. The summed E-state index contributed by atoms with van der Waals surface area (Å²) >= 11 is 0. The number of hydrogen-bond donors (Lipinski definition) is 1. The Morgan fingerprint density at radius 1 is 0.964 bits per heavy atom. The molecule has 1 N–H and O–H groups in total. The molecule has 144 valence electrons. The molecule has 0 bridgehead atoms. The first-order valence-electron chi connectivity index (χ1n) is 9.61. The molecule has 0 fully saturated rings. The van der Waals surface area contributed by atoms with Gasteiger partial charge in [-0.3, -0.25) is 9.59 Å². The minimum atomic E-state index is -0.964. The Labute approximate surface area is 162 Å². The van der Waals surface area contributed by atoms with E-state index in [1.807, 2.05) is 38.1 Å². The number of aliphatic hydroxyl groups excluding tert-OH is 1. The summed E-state index contributed by atoms with van der Waals surface area (Å²) in [6.07, 6.45) is 1.30. The number of carbonyl (C=O) groups is 1. The molecule has 1 aliphatic carbocycles. The van der Waals surface area contributed by atoms with E-state index in [0.29, 0.717) is 36.2 Å². The van der Waals surface area contributed by atoms with E-state index in [0.717, 1.165) is 5.39 Å². The van der Waals surface area contributed by atoms with Gasteiger partial charge in [-0.2, -0.15) is 0 Å². The van der Waals surface area contributed by atoms with Crippen LogP contribution in [-0.4, -0.2) is 10.9 Å². The zero-order valence-electron chi connectivity index (χ0n) is 16.2. The van der Waals surface area contributed by atoms with Gasteiger partial charge in [0.15, 0.2) is 22.7 Å². The molecule has 0 radical (unpaired) electrons. The Balaban J connectivity index is 2.03. The van der Waals surface area contributed by atoms with E-state index < -0.39 is 5.41 Å². The van der Waals surface area contributed by atoms with Crippen LogP contribution in [0.3, 0.4) is 0 Å². The van der Waals surface area contributed by atoms with Crippen LogP contribution in [0.1, 0.15) is 51.4 Å². The van der Waals surface area contributed by atoms with Crippen LogP contribution < -0.4 is 5.43 Å². The molecule has 4 rings (SSSR count). The van der Waals surface area contributed by atoms with Crippen molar-refractivity contribution < 1.29 is 18.7 Å². The zero-order valence-corrected chi connectivity index (χ0v) is 16.2. The molecule has 0 spiro atoms. The summed E-state index contributed by atoms with van der Waals surface area (Å²) in [6.45, 7) is 5.60. The van der Waals surface area contributed by atoms with E-state index in [1.165, 1.54) is 6.07 Å². The largest absolute Gasteiger partial charge is 0.507 e. The van der Waals surface area contributed by atoms with E-state index in [-0.39, 0.29) is 34.1 Å². The summed E-state index contributed by atoms with van der Waals surface area (Å²) in [5, 5.41) is 11.5. The first kappa shape index (κ1) is 18.3. The van der Waals surface area contributed by atoms with Crippen molar-refractivity contribution in [3.63, 3.8) is 0 Å². The standard InChI is InChI=1S/C23H22O5/c1-4-14-20(25)19-15(24)12-18(17-11-13-9-7-8-10-16(13)27-17)28-22(19)23(5-2,6-3)21(14)26/h7-12,25H,4-6H2,1-3H3. The molecular weight excluding hydrogens is 356 g/mol. The summed E-state index contributed by atoms with van der Waals surface area (Å²) in [6, 6.07) is 10.6. The Bertz CT molecular complexity index is 1140. The van der Waals surface area contributed by atoms with Gasteiger partial charge >= 0.3 is 0 Å². The van der Waals surface area contributed by atoms with Crippen molar-refractivity contribution in [3.05, 3.63) is 63.5 Å². The third kappa shape index (κ3) is 2.39. The summed E-state index contributed by atoms with van der Waals surface area (Å²) in [5.41, 5.74) is -0.269. The van der Waals surface area contributed by atoms with Gasteiger partial charge in [0.05, 0.1) is 5.41 Å². The maximum absolute atomic E-state index is 13.2. The van der Waals surface area contributed by atoms with Gasteiger partial charge < -0.3 is 13.9 Å². The van der Waals surface area contributed by atoms with Gasteiger partial charge in [-0.05, 0) is 31.4 Å². The second-order valence-electron chi connectivity index (χ2n) is 7.13. The maximum atomic E-state index is 13.2. The first-order chi connectivity index (χ1) is 13.5. The molecule has 0 aliphatic heterocycles. The van der Waals surface area contributed by atoms with Crippen molar-refractivity contribution in [2.45, 2.75) is 45.4 Å². The Hall–Kier alpha value is -3.08. The van der Waals surface area contributed by atoms with E-state index in [9.17, 15) is 14.7 Å². The molecule has 0 atom stereocenters. The van der Waals surface area contributed by atoms with Crippen LogP contribution in [0.5, 0.6) is 0 Å². The molecule has 1 aliphatic rings. The summed E-state index contributed by atoms with van der Waals surface area (Å²) in [4.78, 5) is 26.2. The molecule has 5 heteroatoms. The highest BCUT2D eigenvalue weighted by atomic mass is 16.4. The van der Waals surface area contributed by atoms with Crippen molar-refractivity contribution in [2.75, 3.05) is 0 Å². The van der Waals surface area contributed by atoms with Crippen LogP contribution in [0.2, 0.25) is 0 Å². The molecule has 3 aromatic rings. The van der Waals surface area contributed by atoms with Crippen molar-refractivity contribution in [1.29, 1.82) is 0 Å². The van der Waals surface area contributed by atoms with Gasteiger partial charge in [0.25, 0.3) is 0 Å². The lowest BCUT2D eigenvalue weighted by Crippen LogP contribution is -2.41. The predicted octanol–water partition coefficient (Wildman–Crippen LogP) is 5.37. The number of rotatable bonds is 4. The quantitative estimate of drug-likeness (QED) is 0.660. The second kappa shape index (κ2) is 6.51. The third-order valence-corrected chi connectivity index (χ3v) is 5.84. The second-order valence-corrected chi connectivity index (χ2v) is 7.13. The third-order valence-electron chi connectivity index (χ3n) is 5.84. The fourth-order valence-corrected chi connectivity index (χ4v) is 4.15. The molecule has 2 heterocycles. The lowest BCUT2D eigenvalue weighted by molar-refractivity contribution is -0.122. The van der Waals surface area contributed by atoms with E-state index in [4.69, 9.17) is 8.83 Å². The zero-order chi connectivity index (χ0) is 20.1. The van der Waals surface area contributed by atoms with Crippen LogP contribution in [0, 0.1) is 0 Å². The van der Waals surface area contributed by atoms with E-state index in [1.54, 1.807) is 13.0 Å². The number of ketones is 1. The number of Topliss-reactive ketones (excluding diaryl/α,β-unsaturated/α-hetero) is 1. The SMILES string of the molecule is CCC1=C(O)c2c(oc(-c3cc4ccccc4o3)cc2=O)C(CC)(CC)C1=O. The van der Waals surface area contributed by atoms with E-state index in [2.05, 4.69) is 0 Å². The Morgan fingerprint density at radius 3 is 2.29 bits per heavy atom. The Morgan fingerprint density at radius 2 is 1.64 bits per heavy atom. The molecule has 5 nitrogen and oxygen atoms in total. The van der Waals surface area contributed by atoms with Crippen LogP contribution in [0.15, 0.2) is 55.6 Å². The van der Waals surface area contributed by atoms with E-state index >= 15 is 0 Å². The fraction of sp³-hybridized carbons (Fsp3) is 0.304. The van der Waals surface area contributed by atoms with Crippen molar-refractivity contribution in [1.82, 2.24) is 0 Å². The lowest BCUT2D eigenvalue weighted by atomic mass is 9.68. The van der Waals surface area contributed by atoms with Gasteiger partial charge in [0.1, 0.15) is 22.7 Å². The van der Waals surface area contributed by atoms with Crippen LogP contribution in [-0.2, 0) is 10.2 Å². The van der Waals surface area contributed by atoms with Crippen molar-refractivity contribution in [2.24, 2.45) is 0 Å². The minimum Gasteiger partial charge on any atom is -0.507 e. The molecule has 2 aromatic heterocycles. The fourth-order valence-electron chi connectivity index (χ4n) is 4.15. The molecule has 0 unspecified atom stereocenters. The van der Waals surface area contributed by atoms with Gasteiger partial charge in [-0.25, -0.2) is 0 Å². The normalized spacial score (nSPS) is 15.9. The molecule has 0 saturated heterocycles. The minimum absolute atomic E-state index is 0.0972. The number of hydrogen-bond acceptors (Lipinski definition) is 5. The number of furan rings is 1. The number of carbonyl (C=O) groups excluding carboxylic acids is 1. The summed E-state index contributed by atoms with van der Waals surface area (Å²) in [7, 11) is 0. The topological polar surface area (TPSA) is 80.7 Å². The number of allylic oxidation sites excluding steroid dienone is 1. The average molecular weight is 378 g/mol. The smallest absolute Gasteiger partial charge is 0.196 e. The highest BCUT2D eigenvalue weighted by molar-refractivity contribution is 6.10. The first-order valence-corrected chi connectivity index (χ1v) is 9.61. The summed E-state index contributed by atoms with van der Waals surface area (Å²) < 4.78 is 12.0. The Kier molecular flexibility index (Phi) is 4.26. The molecular formula is C23H22O5. The van der Waals surface area contributed by atoms with Gasteiger partial charge in [0.2, 0.25) is 0 Å². The van der Waals surface area contributed by atoms with Gasteiger partial charge in [-0.15, -0.1) is 0 Å². The number of benzene rings is 1. The van der Waals surface area contributed by atoms with Gasteiger partial charge in [-0.1, -0.05) is 39.0 Å². The monoisotopic (exact) mass is 378 g/mol. The highest BCUT2D eigenvalue weighted by Gasteiger charge is 2.48. The predicted molar refractivity (Wildman–Crippen MR) is 107 cm³/mol. The molecule has 1 aromatic carbocycles. The summed E-state index contributed by atoms with van der Waals surface area (Å²) in [5.74, 6) is 0.478. The van der Waals surface area contributed by atoms with Gasteiger partial charge in [0, 0.05) is 17.0 Å². The van der Waals surface area contributed by atoms with Crippen LogP contribution in [0.4, 0.5) is 0 Å². The maximum Gasteiger partial charge on any atom is 0.196 e. The number of fused-ring (bicyclic) bond motifs is 2. The number of aliphatic hydroxyl groups is 1. The van der Waals surface area contributed by atoms with Crippen LogP contribution >= 0.6 is 0 Å².